The maximum Gasteiger partial charge on any atom is 0.224 e. The second kappa shape index (κ2) is 3.81. The molecule has 80 valence electrons. The summed E-state index contributed by atoms with van der Waals surface area (Å²) in [6, 6.07) is 3.91. The van der Waals surface area contributed by atoms with Crippen LogP contribution in [0, 0.1) is 0 Å². The molecule has 0 aliphatic carbocycles. The summed E-state index contributed by atoms with van der Waals surface area (Å²) in [5, 5.41) is 3.20. The summed E-state index contributed by atoms with van der Waals surface area (Å²) >= 11 is 3.31. The summed E-state index contributed by atoms with van der Waals surface area (Å²) in [5.74, 6) is 0.812. The number of rotatable bonds is 0. The van der Waals surface area contributed by atoms with Gasteiger partial charge < -0.3 is 10.2 Å². The molecule has 1 aromatic heterocycles. The third-order valence-corrected chi connectivity index (χ3v) is 2.89. The molecular weight excluding hydrogens is 258 g/mol. The number of carbonyl (C=O) groups is 1. The van der Waals surface area contributed by atoms with Gasteiger partial charge in [-0.1, -0.05) is 0 Å². The van der Waals surface area contributed by atoms with Crippen LogP contribution in [-0.2, 0) is 4.79 Å². The van der Waals surface area contributed by atoms with Crippen molar-refractivity contribution >= 4 is 33.3 Å². The number of anilines is 2. The number of amides is 1. The van der Waals surface area contributed by atoms with Crippen LogP contribution in [0.1, 0.15) is 13.8 Å². The van der Waals surface area contributed by atoms with E-state index < -0.39 is 0 Å². The minimum Gasteiger partial charge on any atom is -0.366 e. The van der Waals surface area contributed by atoms with Gasteiger partial charge in [-0.25, -0.2) is 4.98 Å². The number of aromatic nitrogens is 1. The van der Waals surface area contributed by atoms with E-state index in [-0.39, 0.29) is 11.9 Å². The molecular formula is C10H12BrN3O. The van der Waals surface area contributed by atoms with Crippen LogP contribution in [0.3, 0.4) is 0 Å². The quantitative estimate of drug-likeness (QED) is 0.733. The molecule has 1 atom stereocenters. The summed E-state index contributed by atoms with van der Waals surface area (Å²) in [7, 11) is 0. The van der Waals surface area contributed by atoms with Crippen LogP contribution in [0.5, 0.6) is 0 Å². The Labute approximate surface area is 96.8 Å². The molecule has 1 N–H and O–H groups in total. The molecule has 1 aliphatic heterocycles. The lowest BCUT2D eigenvalue weighted by Gasteiger charge is -2.34. The van der Waals surface area contributed by atoms with Crippen LogP contribution in [0.2, 0.25) is 0 Å². The number of pyridine rings is 1. The lowest BCUT2D eigenvalue weighted by molar-refractivity contribution is -0.116. The van der Waals surface area contributed by atoms with E-state index in [1.54, 1.807) is 11.8 Å². The number of halogens is 1. The topological polar surface area (TPSA) is 45.2 Å². The first-order valence-electron chi connectivity index (χ1n) is 4.80. The van der Waals surface area contributed by atoms with Gasteiger partial charge in [-0.3, -0.25) is 4.79 Å². The molecule has 1 amide bonds. The fraction of sp³-hybridized carbons (Fsp3) is 0.400. The van der Waals surface area contributed by atoms with Gasteiger partial charge in [0.2, 0.25) is 5.91 Å². The number of nitrogens with zero attached hydrogens (tertiary/aromatic N) is 2. The number of fused-ring (bicyclic) bond motifs is 1. The molecule has 0 fully saturated rings. The van der Waals surface area contributed by atoms with Crippen molar-refractivity contribution < 1.29 is 4.79 Å². The smallest absolute Gasteiger partial charge is 0.224 e. The molecule has 0 saturated carbocycles. The van der Waals surface area contributed by atoms with Crippen LogP contribution in [0.25, 0.3) is 0 Å². The average molecular weight is 270 g/mol. The summed E-state index contributed by atoms with van der Waals surface area (Å²) < 4.78 is 0.770. The molecule has 4 nitrogen and oxygen atoms in total. The van der Waals surface area contributed by atoms with Gasteiger partial charge in [0, 0.05) is 13.5 Å². The van der Waals surface area contributed by atoms with E-state index in [0.29, 0.717) is 0 Å². The van der Waals surface area contributed by atoms with Crippen LogP contribution in [0.4, 0.5) is 11.5 Å². The van der Waals surface area contributed by atoms with Crippen molar-refractivity contribution in [3.63, 3.8) is 0 Å². The highest BCUT2D eigenvalue weighted by atomic mass is 79.9. The molecule has 0 spiro atoms. The molecule has 0 aromatic carbocycles. The van der Waals surface area contributed by atoms with Gasteiger partial charge in [0.1, 0.15) is 4.60 Å². The molecule has 0 saturated heterocycles. The zero-order chi connectivity index (χ0) is 11.0. The van der Waals surface area contributed by atoms with Gasteiger partial charge in [0.15, 0.2) is 5.82 Å². The summed E-state index contributed by atoms with van der Waals surface area (Å²) in [6.45, 7) is 4.32. The normalized spacial score (nSPS) is 19.4. The highest BCUT2D eigenvalue weighted by molar-refractivity contribution is 9.10. The zero-order valence-corrected chi connectivity index (χ0v) is 10.2. The first kappa shape index (κ1) is 10.4. The molecule has 1 aromatic rings. The van der Waals surface area contributed by atoms with E-state index in [2.05, 4.69) is 26.2 Å². The highest BCUT2D eigenvalue weighted by Crippen LogP contribution is 2.31. The molecule has 15 heavy (non-hydrogen) atoms. The van der Waals surface area contributed by atoms with Crippen LogP contribution in [-0.4, -0.2) is 23.5 Å². The number of carbonyl (C=O) groups excluding carboxylic acids is 1. The van der Waals surface area contributed by atoms with Crippen molar-refractivity contribution in [1.29, 1.82) is 0 Å². The Morgan fingerprint density at radius 1 is 1.67 bits per heavy atom. The SMILES string of the molecule is CC(=O)N1c2ccc(Br)nc2NC[C@@H]1C. The van der Waals surface area contributed by atoms with E-state index in [9.17, 15) is 4.79 Å². The van der Waals surface area contributed by atoms with E-state index >= 15 is 0 Å². The van der Waals surface area contributed by atoms with Crippen LogP contribution < -0.4 is 10.2 Å². The van der Waals surface area contributed by atoms with Gasteiger partial charge in [-0.05, 0) is 35.0 Å². The standard InChI is InChI=1S/C10H12BrN3O/c1-6-5-12-10-8(14(6)7(2)15)3-4-9(11)13-10/h3-4,6H,5H2,1-2H3,(H,12,13)/t6-/m0/s1. The van der Waals surface area contributed by atoms with Gasteiger partial charge in [-0.15, -0.1) is 0 Å². The van der Waals surface area contributed by atoms with Crippen LogP contribution in [0.15, 0.2) is 16.7 Å². The van der Waals surface area contributed by atoms with Gasteiger partial charge in [0.25, 0.3) is 0 Å². The summed E-state index contributed by atoms with van der Waals surface area (Å²) in [4.78, 5) is 17.6. The Balaban J connectivity index is 2.48. The molecule has 2 rings (SSSR count). The largest absolute Gasteiger partial charge is 0.366 e. The van der Waals surface area contributed by atoms with Crippen molar-refractivity contribution in [2.24, 2.45) is 0 Å². The fourth-order valence-corrected chi connectivity index (χ4v) is 2.12. The minimum atomic E-state index is 0.0503. The molecule has 5 heteroatoms. The average Bonchev–Trinajstić information content (AvgIpc) is 2.17. The number of hydrogen-bond donors (Lipinski definition) is 1. The van der Waals surface area contributed by atoms with Crippen LogP contribution >= 0.6 is 15.9 Å². The molecule has 0 bridgehead atoms. The van der Waals surface area contributed by atoms with E-state index in [1.165, 1.54) is 0 Å². The maximum atomic E-state index is 11.5. The van der Waals surface area contributed by atoms with Gasteiger partial charge in [0.05, 0.1) is 11.7 Å². The Morgan fingerprint density at radius 3 is 3.07 bits per heavy atom. The predicted molar refractivity (Wildman–Crippen MR) is 63.0 cm³/mol. The Kier molecular flexibility index (Phi) is 2.65. The second-order valence-electron chi connectivity index (χ2n) is 3.62. The highest BCUT2D eigenvalue weighted by Gasteiger charge is 2.26. The second-order valence-corrected chi connectivity index (χ2v) is 4.43. The van der Waals surface area contributed by atoms with Crippen molar-refractivity contribution in [1.82, 2.24) is 4.98 Å². The number of hydrogen-bond acceptors (Lipinski definition) is 3. The third-order valence-electron chi connectivity index (χ3n) is 2.44. The van der Waals surface area contributed by atoms with E-state index in [1.807, 2.05) is 19.1 Å². The van der Waals surface area contributed by atoms with E-state index in [0.717, 1.165) is 22.7 Å². The maximum absolute atomic E-state index is 11.5. The predicted octanol–water partition coefficient (Wildman–Crippen LogP) is 2.01. The molecule has 0 radical (unpaired) electrons. The Morgan fingerprint density at radius 2 is 2.40 bits per heavy atom. The van der Waals surface area contributed by atoms with E-state index in [4.69, 9.17) is 0 Å². The summed E-state index contributed by atoms with van der Waals surface area (Å²) in [6.07, 6.45) is 0. The zero-order valence-electron chi connectivity index (χ0n) is 8.62. The van der Waals surface area contributed by atoms with Gasteiger partial charge >= 0.3 is 0 Å². The monoisotopic (exact) mass is 269 g/mol. The Hall–Kier alpha value is -1.10. The minimum absolute atomic E-state index is 0.0503. The molecule has 2 heterocycles. The fourth-order valence-electron chi connectivity index (χ4n) is 1.81. The molecule has 1 aliphatic rings. The van der Waals surface area contributed by atoms with Crippen molar-refractivity contribution in [2.45, 2.75) is 19.9 Å². The Bertz CT molecular complexity index is 408. The lowest BCUT2D eigenvalue weighted by Crippen LogP contribution is -2.45. The first-order chi connectivity index (χ1) is 7.09. The molecule has 0 unspecified atom stereocenters. The van der Waals surface area contributed by atoms with Crippen molar-refractivity contribution in [3.8, 4) is 0 Å². The first-order valence-corrected chi connectivity index (χ1v) is 5.59. The van der Waals surface area contributed by atoms with Crippen molar-refractivity contribution in [2.75, 3.05) is 16.8 Å². The van der Waals surface area contributed by atoms with Crippen molar-refractivity contribution in [3.05, 3.63) is 16.7 Å². The third kappa shape index (κ3) is 1.84. The van der Waals surface area contributed by atoms with Gasteiger partial charge in [-0.2, -0.15) is 0 Å². The summed E-state index contributed by atoms with van der Waals surface area (Å²) in [5.41, 5.74) is 0.851. The lowest BCUT2D eigenvalue weighted by atomic mass is 10.2. The number of nitrogens with one attached hydrogen (secondary N) is 1.